The highest BCUT2D eigenvalue weighted by Gasteiger charge is 2.51. The zero-order valence-electron chi connectivity index (χ0n) is 20.3. The second-order valence-electron chi connectivity index (χ2n) is 8.23. The molecule has 0 aliphatic heterocycles. The molecule has 0 radical (unpaired) electrons. The van der Waals surface area contributed by atoms with Crippen LogP contribution in [0.25, 0.3) is 0 Å². The normalized spacial score (nSPS) is 14.6. The molecule has 1 aromatic heterocycles. The van der Waals surface area contributed by atoms with E-state index in [9.17, 15) is 40.7 Å². The van der Waals surface area contributed by atoms with Gasteiger partial charge in [0, 0.05) is 12.0 Å². The molecule has 39 heavy (non-hydrogen) atoms. The van der Waals surface area contributed by atoms with Crippen molar-refractivity contribution in [3.8, 4) is 0 Å². The lowest BCUT2D eigenvalue weighted by Gasteiger charge is -2.30. The monoisotopic (exact) mass is 583 g/mol. The van der Waals surface area contributed by atoms with E-state index in [-0.39, 0.29) is 17.8 Å². The summed E-state index contributed by atoms with van der Waals surface area (Å²) in [4.78, 5) is 40.9. The number of esters is 1. The second kappa shape index (κ2) is 13.0. The van der Waals surface area contributed by atoms with Crippen molar-refractivity contribution in [2.24, 2.45) is 11.7 Å². The Hall–Kier alpha value is -3.57. The van der Waals surface area contributed by atoms with Crippen LogP contribution in [-0.2, 0) is 36.6 Å². The topological polar surface area (TPSA) is 146 Å². The lowest BCUT2D eigenvalue weighted by molar-refractivity contribution is -0.225. The van der Waals surface area contributed by atoms with Gasteiger partial charge in [-0.1, -0.05) is 61.6 Å². The number of amides is 1. The molecule has 4 N–H and O–H groups in total. The SMILES string of the molecule is CC(C)[C@](N)(OC(=O)C(F)(F)F)C(=O)ON[C@H](/C=C/C(=O)Nc1nnc(C(F)(F)F)s1)CCc1ccccc1. The molecule has 0 saturated heterocycles. The summed E-state index contributed by atoms with van der Waals surface area (Å²) in [6.07, 6.45) is -7.53. The van der Waals surface area contributed by atoms with Crippen LogP contribution in [0.15, 0.2) is 42.5 Å². The molecule has 2 rings (SSSR count). The number of benzene rings is 1. The van der Waals surface area contributed by atoms with Gasteiger partial charge in [-0.3, -0.25) is 15.8 Å². The predicted molar refractivity (Wildman–Crippen MR) is 124 cm³/mol. The van der Waals surface area contributed by atoms with Crippen LogP contribution < -0.4 is 16.5 Å². The van der Waals surface area contributed by atoms with Crippen LogP contribution >= 0.6 is 11.3 Å². The number of hydrogen-bond acceptors (Lipinski definition) is 10. The molecule has 17 heteroatoms. The van der Waals surface area contributed by atoms with Crippen molar-refractivity contribution in [1.29, 1.82) is 0 Å². The van der Waals surface area contributed by atoms with Crippen molar-refractivity contribution in [1.82, 2.24) is 15.7 Å². The highest BCUT2D eigenvalue weighted by Crippen LogP contribution is 2.33. The molecule has 0 fully saturated rings. The minimum atomic E-state index is -5.42. The fraction of sp³-hybridized carbons (Fsp3) is 0.409. The summed E-state index contributed by atoms with van der Waals surface area (Å²) in [6, 6.07) is 7.92. The maximum Gasteiger partial charge on any atom is 0.491 e. The van der Waals surface area contributed by atoms with Crippen LogP contribution in [0.1, 0.15) is 30.8 Å². The summed E-state index contributed by atoms with van der Waals surface area (Å²) in [5.74, 6) is -6.28. The van der Waals surface area contributed by atoms with Crippen molar-refractivity contribution in [2.45, 2.75) is 50.8 Å². The first-order chi connectivity index (χ1) is 18.0. The van der Waals surface area contributed by atoms with E-state index in [0.29, 0.717) is 6.42 Å². The molecule has 1 amide bonds. The highest BCUT2D eigenvalue weighted by molar-refractivity contribution is 7.15. The Labute approximate surface area is 221 Å². The average molecular weight is 584 g/mol. The van der Waals surface area contributed by atoms with Crippen LogP contribution in [-0.4, -0.2) is 46.0 Å². The lowest BCUT2D eigenvalue weighted by atomic mass is 10.0. The van der Waals surface area contributed by atoms with Crippen molar-refractivity contribution in [2.75, 3.05) is 5.32 Å². The van der Waals surface area contributed by atoms with Crippen molar-refractivity contribution >= 4 is 34.3 Å². The number of aromatic nitrogens is 2. The van der Waals surface area contributed by atoms with Gasteiger partial charge in [0.15, 0.2) is 0 Å². The average Bonchev–Trinajstić information content (AvgIpc) is 3.32. The minimum Gasteiger partial charge on any atom is -0.425 e. The van der Waals surface area contributed by atoms with Gasteiger partial charge in [0.1, 0.15) is 0 Å². The number of aryl methyl sites for hydroxylation is 1. The third-order valence-electron chi connectivity index (χ3n) is 4.94. The molecule has 0 aliphatic carbocycles. The van der Waals surface area contributed by atoms with Crippen LogP contribution in [0, 0.1) is 5.92 Å². The van der Waals surface area contributed by atoms with Crippen LogP contribution in [0.2, 0.25) is 0 Å². The number of halogens is 6. The number of carbonyl (C=O) groups is 3. The second-order valence-corrected chi connectivity index (χ2v) is 9.21. The van der Waals surface area contributed by atoms with Crippen molar-refractivity contribution in [3.05, 3.63) is 53.1 Å². The summed E-state index contributed by atoms with van der Waals surface area (Å²) in [5.41, 5.74) is 5.94. The Bertz CT molecular complexity index is 1170. The number of hydroxylamine groups is 1. The zero-order valence-corrected chi connectivity index (χ0v) is 21.1. The van der Waals surface area contributed by atoms with E-state index in [0.717, 1.165) is 11.6 Å². The van der Waals surface area contributed by atoms with E-state index in [2.05, 4.69) is 25.7 Å². The quantitative estimate of drug-likeness (QED) is 0.119. The molecule has 2 atom stereocenters. The van der Waals surface area contributed by atoms with Crippen LogP contribution in [0.5, 0.6) is 0 Å². The number of hydrogen-bond donors (Lipinski definition) is 3. The van der Waals surface area contributed by atoms with Crippen LogP contribution in [0.4, 0.5) is 31.5 Å². The Morgan fingerprint density at radius 1 is 1.05 bits per heavy atom. The van der Waals surface area contributed by atoms with Gasteiger partial charge in [0.2, 0.25) is 16.0 Å². The third-order valence-corrected chi connectivity index (χ3v) is 5.82. The zero-order chi connectivity index (χ0) is 29.4. The molecular weight excluding hydrogens is 560 g/mol. The van der Waals surface area contributed by atoms with E-state index >= 15 is 0 Å². The fourth-order valence-corrected chi connectivity index (χ4v) is 3.33. The van der Waals surface area contributed by atoms with Gasteiger partial charge >= 0.3 is 24.3 Å². The van der Waals surface area contributed by atoms with Crippen molar-refractivity contribution in [3.63, 3.8) is 0 Å². The molecule has 1 aromatic carbocycles. The molecule has 0 bridgehead atoms. The number of nitrogens with zero attached hydrogens (tertiary/aromatic N) is 2. The Morgan fingerprint density at radius 2 is 1.69 bits per heavy atom. The fourth-order valence-electron chi connectivity index (χ4n) is 2.72. The summed E-state index contributed by atoms with van der Waals surface area (Å²) in [6.45, 7) is 2.44. The number of nitrogens with two attached hydrogens (primary N) is 1. The molecule has 0 aliphatic rings. The van der Waals surface area contributed by atoms with Crippen LogP contribution in [0.3, 0.4) is 0 Å². The number of alkyl halides is 6. The van der Waals surface area contributed by atoms with E-state index < -0.39 is 58.0 Å². The summed E-state index contributed by atoms with van der Waals surface area (Å²) in [5, 5.41) is 6.58. The number of nitrogens with one attached hydrogen (secondary N) is 2. The van der Waals surface area contributed by atoms with Gasteiger partial charge in [-0.15, -0.1) is 15.7 Å². The summed E-state index contributed by atoms with van der Waals surface area (Å²) >= 11 is 0.103. The van der Waals surface area contributed by atoms with E-state index in [1.807, 2.05) is 0 Å². The van der Waals surface area contributed by atoms with E-state index in [4.69, 9.17) is 10.6 Å². The molecule has 0 spiro atoms. The van der Waals surface area contributed by atoms with Gasteiger partial charge in [0.25, 0.3) is 5.72 Å². The van der Waals surface area contributed by atoms with Crippen molar-refractivity contribution < 1.29 is 50.3 Å². The standard InChI is InChI=1S/C22H23F6N5O5S/c1-12(2)20(29,37-18(36)22(26,27)28)17(35)38-33-14(9-8-13-6-4-3-5-7-13)10-11-15(34)30-19-32-31-16(39-19)21(23,24)25/h3-7,10-12,14,33H,8-9,29H2,1-2H3,(H,30,32,34)/b11-10+/t14-,20-/m0/s1. The summed E-state index contributed by atoms with van der Waals surface area (Å²) in [7, 11) is 0. The molecule has 0 unspecified atom stereocenters. The number of rotatable bonds is 11. The smallest absolute Gasteiger partial charge is 0.425 e. The molecule has 10 nitrogen and oxygen atoms in total. The maximum atomic E-state index is 12.7. The lowest BCUT2D eigenvalue weighted by Crippen LogP contribution is -2.59. The van der Waals surface area contributed by atoms with Gasteiger partial charge in [-0.2, -0.15) is 26.3 Å². The largest absolute Gasteiger partial charge is 0.491 e. The van der Waals surface area contributed by atoms with Gasteiger partial charge in [-0.05, 0) is 18.4 Å². The summed E-state index contributed by atoms with van der Waals surface area (Å²) < 4.78 is 80.2. The Balaban J connectivity index is 2.13. The molecule has 2 aromatic rings. The number of ether oxygens (including phenoxy) is 1. The Morgan fingerprint density at radius 3 is 2.23 bits per heavy atom. The first kappa shape index (κ1) is 31.6. The Kier molecular flexibility index (Phi) is 10.5. The highest BCUT2D eigenvalue weighted by atomic mass is 32.1. The maximum absolute atomic E-state index is 12.7. The number of anilines is 1. The molecule has 0 saturated carbocycles. The van der Waals surface area contributed by atoms with E-state index in [1.165, 1.54) is 19.9 Å². The van der Waals surface area contributed by atoms with Gasteiger partial charge in [-0.25, -0.2) is 9.59 Å². The van der Waals surface area contributed by atoms with Gasteiger partial charge < -0.3 is 9.57 Å². The number of carbonyl (C=O) groups excluding carboxylic acids is 3. The van der Waals surface area contributed by atoms with E-state index in [1.54, 1.807) is 30.3 Å². The third kappa shape index (κ3) is 9.60. The molecular formula is C22H23F6N5O5S. The first-order valence-electron chi connectivity index (χ1n) is 11.0. The molecule has 1 heterocycles. The van der Waals surface area contributed by atoms with Gasteiger partial charge in [0.05, 0.1) is 6.04 Å². The molecule has 214 valence electrons. The minimum absolute atomic E-state index is 0.103. The first-order valence-corrected chi connectivity index (χ1v) is 11.8. The predicted octanol–water partition coefficient (Wildman–Crippen LogP) is 3.52.